The van der Waals surface area contributed by atoms with E-state index < -0.39 is 5.97 Å². The van der Waals surface area contributed by atoms with Gasteiger partial charge in [-0.1, -0.05) is 0 Å². The number of nitrogens with zero attached hydrogens (tertiary/aromatic N) is 2. The molecule has 1 aliphatic rings. The van der Waals surface area contributed by atoms with Crippen LogP contribution < -0.4 is 10.1 Å². The number of hydrogen-bond acceptors (Lipinski definition) is 5. The second-order valence-electron chi connectivity index (χ2n) is 4.48. The van der Waals surface area contributed by atoms with E-state index >= 15 is 0 Å². The lowest BCUT2D eigenvalue weighted by molar-refractivity contribution is -0.142. The summed E-state index contributed by atoms with van der Waals surface area (Å²) >= 11 is 0. The van der Waals surface area contributed by atoms with Crippen LogP contribution in [0.4, 0.5) is 5.82 Å². The second kappa shape index (κ2) is 5.66. The molecule has 2 rings (SSSR count). The van der Waals surface area contributed by atoms with Gasteiger partial charge in [0.2, 0.25) is 5.88 Å². The number of aliphatic carboxylic acids is 1. The van der Waals surface area contributed by atoms with Crippen LogP contribution >= 0.6 is 0 Å². The minimum atomic E-state index is -0.686. The maximum absolute atomic E-state index is 10.8. The van der Waals surface area contributed by atoms with E-state index in [1.54, 1.807) is 19.5 Å². The summed E-state index contributed by atoms with van der Waals surface area (Å²) in [7, 11) is 1.55. The average molecular weight is 251 g/mol. The van der Waals surface area contributed by atoms with Gasteiger partial charge in [0, 0.05) is 6.04 Å². The van der Waals surface area contributed by atoms with Gasteiger partial charge in [-0.15, -0.1) is 0 Å². The van der Waals surface area contributed by atoms with Crippen LogP contribution in [0.5, 0.6) is 5.88 Å². The Morgan fingerprint density at radius 3 is 2.72 bits per heavy atom. The van der Waals surface area contributed by atoms with Gasteiger partial charge in [-0.2, -0.15) is 4.98 Å². The van der Waals surface area contributed by atoms with Crippen molar-refractivity contribution in [3.8, 4) is 5.88 Å². The fourth-order valence-corrected chi connectivity index (χ4v) is 2.21. The van der Waals surface area contributed by atoms with E-state index in [-0.39, 0.29) is 12.0 Å². The molecule has 1 aromatic rings. The van der Waals surface area contributed by atoms with Gasteiger partial charge < -0.3 is 15.2 Å². The molecule has 6 heteroatoms. The number of anilines is 1. The summed E-state index contributed by atoms with van der Waals surface area (Å²) in [6, 6.07) is 0.266. The smallest absolute Gasteiger partial charge is 0.306 e. The molecule has 1 heterocycles. The van der Waals surface area contributed by atoms with Crippen LogP contribution in [0.3, 0.4) is 0 Å². The Bertz CT molecular complexity index is 417. The molecular weight excluding hydrogens is 234 g/mol. The van der Waals surface area contributed by atoms with Crippen LogP contribution in [0.15, 0.2) is 12.4 Å². The molecule has 98 valence electrons. The highest BCUT2D eigenvalue weighted by Crippen LogP contribution is 2.26. The molecule has 18 heavy (non-hydrogen) atoms. The second-order valence-corrected chi connectivity index (χ2v) is 4.48. The molecule has 0 bridgehead atoms. The van der Waals surface area contributed by atoms with Gasteiger partial charge in [0.25, 0.3) is 0 Å². The third-order valence-electron chi connectivity index (χ3n) is 3.25. The molecule has 6 nitrogen and oxygen atoms in total. The lowest BCUT2D eigenvalue weighted by Gasteiger charge is -2.27. The molecule has 2 N–H and O–H groups in total. The lowest BCUT2D eigenvalue weighted by atomic mass is 9.86. The maximum atomic E-state index is 10.8. The molecule has 0 spiro atoms. The quantitative estimate of drug-likeness (QED) is 0.844. The van der Waals surface area contributed by atoms with Gasteiger partial charge in [-0.05, 0) is 25.7 Å². The van der Waals surface area contributed by atoms with E-state index in [0.29, 0.717) is 24.5 Å². The molecule has 1 aliphatic carbocycles. The van der Waals surface area contributed by atoms with E-state index in [2.05, 4.69) is 15.3 Å². The van der Waals surface area contributed by atoms with Crippen molar-refractivity contribution in [3.63, 3.8) is 0 Å². The highest BCUT2D eigenvalue weighted by atomic mass is 16.5. The molecule has 1 fully saturated rings. The number of carboxylic acid groups (broad SMARTS) is 1. The first-order chi connectivity index (χ1) is 8.69. The number of rotatable bonds is 4. The normalized spacial score (nSPS) is 23.4. The molecule has 1 saturated carbocycles. The number of methoxy groups -OCH3 is 1. The molecule has 0 amide bonds. The standard InChI is InChI=1S/C12H17N3O3/c1-18-11-7-13-6-10(15-11)14-9-4-2-8(3-5-9)12(16)17/h6-9H,2-5H2,1H3,(H,14,15)(H,16,17). The van der Waals surface area contributed by atoms with Crippen molar-refractivity contribution in [1.29, 1.82) is 0 Å². The van der Waals surface area contributed by atoms with E-state index in [0.717, 1.165) is 12.8 Å². The Morgan fingerprint density at radius 1 is 1.39 bits per heavy atom. The predicted octanol–water partition coefficient (Wildman–Crippen LogP) is 1.54. The fraction of sp³-hybridized carbons (Fsp3) is 0.583. The molecule has 0 saturated heterocycles. The summed E-state index contributed by atoms with van der Waals surface area (Å²) in [6.07, 6.45) is 6.30. The van der Waals surface area contributed by atoms with Gasteiger partial charge >= 0.3 is 5.97 Å². The van der Waals surface area contributed by atoms with E-state index in [1.807, 2.05) is 0 Å². The van der Waals surface area contributed by atoms with Crippen LogP contribution in [-0.2, 0) is 4.79 Å². The molecule has 0 radical (unpaired) electrons. The summed E-state index contributed by atoms with van der Waals surface area (Å²) in [5, 5.41) is 12.2. The van der Waals surface area contributed by atoms with E-state index in [9.17, 15) is 4.79 Å². The van der Waals surface area contributed by atoms with Crippen molar-refractivity contribution in [2.24, 2.45) is 5.92 Å². The van der Waals surface area contributed by atoms with Gasteiger partial charge in [-0.25, -0.2) is 0 Å². The van der Waals surface area contributed by atoms with Gasteiger partial charge in [0.15, 0.2) is 0 Å². The van der Waals surface area contributed by atoms with Gasteiger partial charge in [0.05, 0.1) is 25.4 Å². The maximum Gasteiger partial charge on any atom is 0.306 e. The zero-order valence-electron chi connectivity index (χ0n) is 10.3. The molecule has 1 aromatic heterocycles. The van der Waals surface area contributed by atoms with Crippen LogP contribution in [0.1, 0.15) is 25.7 Å². The third-order valence-corrected chi connectivity index (χ3v) is 3.25. The van der Waals surface area contributed by atoms with Crippen LogP contribution in [0, 0.1) is 5.92 Å². The Morgan fingerprint density at radius 2 is 2.11 bits per heavy atom. The molecule has 0 unspecified atom stereocenters. The summed E-state index contributed by atoms with van der Waals surface area (Å²) in [4.78, 5) is 19.1. The number of nitrogens with one attached hydrogen (secondary N) is 1. The summed E-state index contributed by atoms with van der Waals surface area (Å²) in [5.74, 6) is 0.265. The minimum Gasteiger partial charge on any atom is -0.481 e. The van der Waals surface area contributed by atoms with Crippen molar-refractivity contribution in [2.75, 3.05) is 12.4 Å². The van der Waals surface area contributed by atoms with Crippen molar-refractivity contribution >= 4 is 11.8 Å². The molecular formula is C12H17N3O3. The summed E-state index contributed by atoms with van der Waals surface area (Å²) < 4.78 is 5.00. The Balaban J connectivity index is 1.89. The van der Waals surface area contributed by atoms with E-state index in [1.165, 1.54) is 0 Å². The first-order valence-electron chi connectivity index (χ1n) is 6.04. The van der Waals surface area contributed by atoms with Crippen molar-refractivity contribution in [3.05, 3.63) is 12.4 Å². The Hall–Kier alpha value is -1.85. The van der Waals surface area contributed by atoms with Crippen molar-refractivity contribution < 1.29 is 14.6 Å². The lowest BCUT2D eigenvalue weighted by Crippen LogP contribution is -2.29. The number of ether oxygens (including phenoxy) is 1. The average Bonchev–Trinajstić information content (AvgIpc) is 2.39. The molecule has 0 aromatic carbocycles. The zero-order valence-corrected chi connectivity index (χ0v) is 10.3. The van der Waals surface area contributed by atoms with Crippen LogP contribution in [0.25, 0.3) is 0 Å². The van der Waals surface area contributed by atoms with Crippen LogP contribution in [0.2, 0.25) is 0 Å². The highest BCUT2D eigenvalue weighted by molar-refractivity contribution is 5.70. The molecule has 0 aliphatic heterocycles. The first-order valence-corrected chi connectivity index (χ1v) is 6.04. The monoisotopic (exact) mass is 251 g/mol. The van der Waals surface area contributed by atoms with E-state index in [4.69, 9.17) is 9.84 Å². The third kappa shape index (κ3) is 3.09. The minimum absolute atomic E-state index is 0.195. The summed E-state index contributed by atoms with van der Waals surface area (Å²) in [6.45, 7) is 0. The first kappa shape index (κ1) is 12.6. The van der Waals surface area contributed by atoms with Crippen molar-refractivity contribution in [1.82, 2.24) is 9.97 Å². The topological polar surface area (TPSA) is 84.3 Å². The predicted molar refractivity (Wildman–Crippen MR) is 65.6 cm³/mol. The van der Waals surface area contributed by atoms with Crippen LogP contribution in [-0.4, -0.2) is 34.2 Å². The SMILES string of the molecule is COc1cncc(NC2CCC(C(=O)O)CC2)n1. The van der Waals surface area contributed by atoms with Gasteiger partial charge in [0.1, 0.15) is 5.82 Å². The fourth-order valence-electron chi connectivity index (χ4n) is 2.21. The Kier molecular flexibility index (Phi) is 3.96. The van der Waals surface area contributed by atoms with Gasteiger partial charge in [-0.3, -0.25) is 9.78 Å². The number of carbonyl (C=O) groups is 1. The van der Waals surface area contributed by atoms with Crippen molar-refractivity contribution in [2.45, 2.75) is 31.7 Å². The largest absolute Gasteiger partial charge is 0.481 e. The summed E-state index contributed by atoms with van der Waals surface area (Å²) in [5.41, 5.74) is 0. The number of aromatic nitrogens is 2. The molecule has 0 atom stereocenters. The Labute approximate surface area is 105 Å². The highest BCUT2D eigenvalue weighted by Gasteiger charge is 2.25. The zero-order chi connectivity index (χ0) is 13.0. The number of carboxylic acids is 1. The number of hydrogen-bond donors (Lipinski definition) is 2.